The number of morpholine rings is 1. The fourth-order valence-corrected chi connectivity index (χ4v) is 3.38. The van der Waals surface area contributed by atoms with Crippen molar-refractivity contribution in [3.8, 4) is 0 Å². The van der Waals surface area contributed by atoms with E-state index in [1.54, 1.807) is 4.90 Å². The number of carbonyl (C=O) groups excluding carboxylic acids is 1. The molecular weight excluding hydrogens is 308 g/mol. The van der Waals surface area contributed by atoms with Crippen molar-refractivity contribution in [2.75, 3.05) is 45.9 Å². The predicted molar refractivity (Wildman–Crippen MR) is 89.6 cm³/mol. The van der Waals surface area contributed by atoms with E-state index >= 15 is 0 Å². The number of aliphatic hydroxyl groups is 1. The van der Waals surface area contributed by atoms with Gasteiger partial charge in [-0.2, -0.15) is 0 Å². The van der Waals surface area contributed by atoms with Gasteiger partial charge in [-0.15, -0.1) is 0 Å². The average Bonchev–Trinajstić information content (AvgIpc) is 2.61. The summed E-state index contributed by atoms with van der Waals surface area (Å²) >= 11 is 0. The third kappa shape index (κ3) is 4.69. The molecule has 1 aromatic carbocycles. The highest BCUT2D eigenvalue weighted by atomic mass is 16.6. The van der Waals surface area contributed by atoms with Crippen LogP contribution in [0.5, 0.6) is 0 Å². The van der Waals surface area contributed by atoms with Crippen LogP contribution < -0.4 is 0 Å². The molecule has 1 amide bonds. The number of amides is 1. The molecule has 0 aromatic heterocycles. The Labute approximate surface area is 143 Å². The number of benzene rings is 1. The molecule has 6 nitrogen and oxygen atoms in total. The van der Waals surface area contributed by atoms with E-state index in [0.29, 0.717) is 39.3 Å². The molecule has 0 saturated carbocycles. The first-order valence-electron chi connectivity index (χ1n) is 8.63. The van der Waals surface area contributed by atoms with Gasteiger partial charge in [-0.25, -0.2) is 4.79 Å². The van der Waals surface area contributed by atoms with Gasteiger partial charge in [0.25, 0.3) is 0 Å². The van der Waals surface area contributed by atoms with Crippen LogP contribution in [0.2, 0.25) is 0 Å². The van der Waals surface area contributed by atoms with Gasteiger partial charge in [-0.05, 0) is 18.4 Å². The molecule has 0 aliphatic carbocycles. The topological polar surface area (TPSA) is 62.2 Å². The average molecular weight is 334 g/mol. The van der Waals surface area contributed by atoms with Crippen LogP contribution in [0.3, 0.4) is 0 Å². The minimum absolute atomic E-state index is 0.262. The van der Waals surface area contributed by atoms with Gasteiger partial charge in [0, 0.05) is 26.2 Å². The molecule has 2 heterocycles. The highest BCUT2D eigenvalue weighted by molar-refractivity contribution is 5.68. The largest absolute Gasteiger partial charge is 0.445 e. The number of likely N-dealkylation sites (tertiary alicyclic amines) is 1. The van der Waals surface area contributed by atoms with Crippen molar-refractivity contribution in [2.45, 2.75) is 25.0 Å². The van der Waals surface area contributed by atoms with Crippen LogP contribution >= 0.6 is 0 Å². The number of hydrogen-bond donors (Lipinski definition) is 1. The van der Waals surface area contributed by atoms with Gasteiger partial charge < -0.3 is 19.5 Å². The van der Waals surface area contributed by atoms with Gasteiger partial charge in [-0.1, -0.05) is 30.3 Å². The zero-order valence-corrected chi connectivity index (χ0v) is 14.0. The predicted octanol–water partition coefficient (Wildman–Crippen LogP) is 1.48. The molecule has 1 atom stereocenters. The van der Waals surface area contributed by atoms with E-state index in [1.165, 1.54) is 0 Å². The van der Waals surface area contributed by atoms with Crippen LogP contribution in [0.4, 0.5) is 4.79 Å². The summed E-state index contributed by atoms with van der Waals surface area (Å²) in [6, 6.07) is 9.63. The second-order valence-corrected chi connectivity index (χ2v) is 6.68. The number of nitrogens with zero attached hydrogens (tertiary/aromatic N) is 2. The van der Waals surface area contributed by atoms with Gasteiger partial charge in [-0.3, -0.25) is 4.90 Å². The fraction of sp³-hybridized carbons (Fsp3) is 0.611. The third-order valence-electron chi connectivity index (χ3n) is 4.64. The van der Waals surface area contributed by atoms with Gasteiger partial charge in [0.1, 0.15) is 6.61 Å². The number of carbonyl (C=O) groups is 1. The first-order chi connectivity index (χ1) is 11.6. The Kier molecular flexibility index (Phi) is 5.71. The summed E-state index contributed by atoms with van der Waals surface area (Å²) in [5.74, 6) is 0. The van der Waals surface area contributed by atoms with E-state index in [1.807, 2.05) is 30.3 Å². The third-order valence-corrected chi connectivity index (χ3v) is 4.64. The Hall–Kier alpha value is -1.63. The highest BCUT2D eigenvalue weighted by Gasteiger charge is 2.37. The van der Waals surface area contributed by atoms with E-state index in [4.69, 9.17) is 9.47 Å². The van der Waals surface area contributed by atoms with E-state index in [9.17, 15) is 9.90 Å². The molecule has 1 aromatic rings. The lowest BCUT2D eigenvalue weighted by Gasteiger charge is -2.42. The van der Waals surface area contributed by atoms with Crippen molar-refractivity contribution in [1.82, 2.24) is 9.80 Å². The second-order valence-electron chi connectivity index (χ2n) is 6.68. The number of piperidine rings is 1. The van der Waals surface area contributed by atoms with E-state index in [0.717, 1.165) is 25.1 Å². The van der Waals surface area contributed by atoms with Gasteiger partial charge in [0.05, 0.1) is 25.4 Å². The van der Waals surface area contributed by atoms with Gasteiger partial charge >= 0.3 is 6.09 Å². The minimum atomic E-state index is -0.860. The lowest BCUT2D eigenvalue weighted by molar-refractivity contribution is -0.0676. The van der Waals surface area contributed by atoms with Crippen molar-refractivity contribution in [1.29, 1.82) is 0 Å². The monoisotopic (exact) mass is 334 g/mol. The first kappa shape index (κ1) is 17.2. The minimum Gasteiger partial charge on any atom is -0.445 e. The molecule has 132 valence electrons. The standard InChI is InChI=1S/C18H26N2O4/c21-17(24-13-16-5-2-1-3-6-16)20-8-4-7-18(22,15-20)14-19-9-11-23-12-10-19/h1-3,5-6,22H,4,7-15H2/t18-/m1/s1. The smallest absolute Gasteiger partial charge is 0.410 e. The molecule has 24 heavy (non-hydrogen) atoms. The first-order valence-corrected chi connectivity index (χ1v) is 8.63. The Bertz CT molecular complexity index is 533. The molecule has 6 heteroatoms. The number of rotatable bonds is 4. The van der Waals surface area contributed by atoms with Crippen molar-refractivity contribution in [3.63, 3.8) is 0 Å². The van der Waals surface area contributed by atoms with Gasteiger partial charge in [0.2, 0.25) is 0 Å². The molecule has 0 unspecified atom stereocenters. The summed E-state index contributed by atoms with van der Waals surface area (Å²) in [5.41, 5.74) is 0.105. The van der Waals surface area contributed by atoms with Crippen molar-refractivity contribution < 1.29 is 19.4 Å². The van der Waals surface area contributed by atoms with Crippen molar-refractivity contribution >= 4 is 6.09 Å². The lowest BCUT2D eigenvalue weighted by Crippen LogP contribution is -2.57. The van der Waals surface area contributed by atoms with Crippen LogP contribution in [0.1, 0.15) is 18.4 Å². The molecule has 1 N–H and O–H groups in total. The van der Waals surface area contributed by atoms with Crippen LogP contribution in [0.15, 0.2) is 30.3 Å². The maximum absolute atomic E-state index is 12.3. The van der Waals surface area contributed by atoms with Crippen molar-refractivity contribution in [3.05, 3.63) is 35.9 Å². The maximum atomic E-state index is 12.3. The second kappa shape index (κ2) is 7.96. The summed E-state index contributed by atoms with van der Waals surface area (Å²) in [4.78, 5) is 16.2. The Morgan fingerprint density at radius 2 is 1.96 bits per heavy atom. The maximum Gasteiger partial charge on any atom is 0.410 e. The quantitative estimate of drug-likeness (QED) is 0.904. The van der Waals surface area contributed by atoms with Crippen molar-refractivity contribution in [2.24, 2.45) is 0 Å². The Balaban J connectivity index is 1.51. The SMILES string of the molecule is O=C(OCc1ccccc1)N1CCC[C@@](O)(CN2CCOCC2)C1. The number of β-amino-alcohol motifs (C(OH)–C–C–N with tert-alkyl or cyclic N) is 1. The summed E-state index contributed by atoms with van der Waals surface area (Å²) in [7, 11) is 0. The molecular formula is C18H26N2O4. The fourth-order valence-electron chi connectivity index (χ4n) is 3.38. The summed E-state index contributed by atoms with van der Waals surface area (Å²) < 4.78 is 10.7. The van der Waals surface area contributed by atoms with E-state index in [2.05, 4.69) is 4.90 Å². The Morgan fingerprint density at radius 1 is 1.21 bits per heavy atom. The van der Waals surface area contributed by atoms with Crippen LogP contribution in [0.25, 0.3) is 0 Å². The Morgan fingerprint density at radius 3 is 2.71 bits per heavy atom. The summed E-state index contributed by atoms with van der Waals surface area (Å²) in [6.07, 6.45) is 1.16. The van der Waals surface area contributed by atoms with Crippen LogP contribution in [-0.4, -0.2) is 72.5 Å². The molecule has 2 saturated heterocycles. The molecule has 3 rings (SSSR count). The number of hydrogen-bond acceptors (Lipinski definition) is 5. The summed E-state index contributed by atoms with van der Waals surface area (Å²) in [5, 5.41) is 10.9. The van der Waals surface area contributed by atoms with E-state index in [-0.39, 0.29) is 12.7 Å². The molecule has 0 spiro atoms. The zero-order chi connectivity index (χ0) is 16.8. The lowest BCUT2D eigenvalue weighted by atomic mass is 9.92. The molecule has 2 aliphatic heterocycles. The normalized spacial score (nSPS) is 25.5. The zero-order valence-electron chi connectivity index (χ0n) is 14.0. The van der Waals surface area contributed by atoms with E-state index < -0.39 is 5.60 Å². The summed E-state index contributed by atoms with van der Waals surface area (Å²) in [6.45, 7) is 4.90. The van der Waals surface area contributed by atoms with Crippen LogP contribution in [0, 0.1) is 0 Å². The molecule has 0 radical (unpaired) electrons. The highest BCUT2D eigenvalue weighted by Crippen LogP contribution is 2.23. The van der Waals surface area contributed by atoms with Gasteiger partial charge in [0.15, 0.2) is 0 Å². The molecule has 2 fully saturated rings. The van der Waals surface area contributed by atoms with Crippen LogP contribution in [-0.2, 0) is 16.1 Å². The number of ether oxygens (including phenoxy) is 2. The molecule has 2 aliphatic rings. The molecule has 0 bridgehead atoms.